The summed E-state index contributed by atoms with van der Waals surface area (Å²) in [4.78, 5) is 1.35. The van der Waals surface area contributed by atoms with Crippen LogP contribution >= 0.6 is 11.8 Å². The Morgan fingerprint density at radius 1 is 1.42 bits per heavy atom. The minimum absolute atomic E-state index is 1.13. The molecule has 2 rings (SSSR count). The maximum atomic E-state index is 3.42. The van der Waals surface area contributed by atoms with Crippen molar-refractivity contribution in [2.24, 2.45) is 0 Å². The standard InChI is InChI=1S/C10H13NS/c1-12-9-5-4-8-3-2-6-11-10(8)7-9/h4-5,7,11H,2-3,6H2,1H3. The Labute approximate surface area is 77.6 Å². The van der Waals surface area contributed by atoms with E-state index in [1.807, 2.05) is 0 Å². The topological polar surface area (TPSA) is 12.0 Å². The molecule has 12 heavy (non-hydrogen) atoms. The number of rotatable bonds is 1. The summed E-state index contributed by atoms with van der Waals surface area (Å²) < 4.78 is 0. The first-order valence-corrected chi connectivity index (χ1v) is 5.53. The summed E-state index contributed by atoms with van der Waals surface area (Å²) >= 11 is 1.80. The van der Waals surface area contributed by atoms with E-state index in [4.69, 9.17) is 0 Å². The van der Waals surface area contributed by atoms with E-state index in [9.17, 15) is 0 Å². The summed E-state index contributed by atoms with van der Waals surface area (Å²) in [5.74, 6) is 0. The van der Waals surface area contributed by atoms with E-state index < -0.39 is 0 Å². The van der Waals surface area contributed by atoms with Gasteiger partial charge in [-0.05, 0) is 36.8 Å². The molecule has 1 aliphatic heterocycles. The summed E-state index contributed by atoms with van der Waals surface area (Å²) in [5.41, 5.74) is 2.81. The van der Waals surface area contributed by atoms with Gasteiger partial charge in [-0.1, -0.05) is 6.07 Å². The second kappa shape index (κ2) is 3.40. The fourth-order valence-electron chi connectivity index (χ4n) is 1.57. The number of hydrogen-bond acceptors (Lipinski definition) is 2. The van der Waals surface area contributed by atoms with Gasteiger partial charge in [0.1, 0.15) is 0 Å². The molecule has 0 unspecified atom stereocenters. The number of fused-ring (bicyclic) bond motifs is 1. The lowest BCUT2D eigenvalue weighted by molar-refractivity contribution is 0.828. The summed E-state index contributed by atoms with van der Waals surface area (Å²) in [6.45, 7) is 1.13. The Balaban J connectivity index is 2.36. The predicted octanol–water partition coefficient (Wildman–Crippen LogP) is 2.77. The predicted molar refractivity (Wildman–Crippen MR) is 55.0 cm³/mol. The van der Waals surface area contributed by atoms with Crippen LogP contribution in [-0.2, 0) is 6.42 Å². The fourth-order valence-corrected chi connectivity index (χ4v) is 2.01. The van der Waals surface area contributed by atoms with Gasteiger partial charge in [0.15, 0.2) is 0 Å². The molecular formula is C10H13NS. The normalized spacial score (nSPS) is 15.1. The van der Waals surface area contributed by atoms with E-state index in [0.717, 1.165) is 6.54 Å². The van der Waals surface area contributed by atoms with Gasteiger partial charge in [0.25, 0.3) is 0 Å². The largest absolute Gasteiger partial charge is 0.385 e. The number of benzene rings is 1. The first kappa shape index (κ1) is 7.99. The van der Waals surface area contributed by atoms with Crippen LogP contribution in [0.5, 0.6) is 0 Å². The van der Waals surface area contributed by atoms with Gasteiger partial charge in [0.05, 0.1) is 0 Å². The van der Waals surface area contributed by atoms with Gasteiger partial charge in [-0.25, -0.2) is 0 Å². The smallest absolute Gasteiger partial charge is 0.0383 e. The van der Waals surface area contributed by atoms with Crippen molar-refractivity contribution in [3.05, 3.63) is 23.8 Å². The lowest BCUT2D eigenvalue weighted by atomic mass is 10.0. The van der Waals surface area contributed by atoms with Gasteiger partial charge in [0, 0.05) is 17.1 Å². The SMILES string of the molecule is CSc1ccc2c(c1)NCCC2. The minimum Gasteiger partial charge on any atom is -0.385 e. The van der Waals surface area contributed by atoms with Crippen LogP contribution in [0, 0.1) is 0 Å². The third kappa shape index (κ3) is 1.44. The highest BCUT2D eigenvalue weighted by Crippen LogP contribution is 2.26. The Hall–Kier alpha value is -0.630. The molecule has 64 valence electrons. The monoisotopic (exact) mass is 179 g/mol. The van der Waals surface area contributed by atoms with Crippen LogP contribution in [0.15, 0.2) is 23.1 Å². The third-order valence-electron chi connectivity index (χ3n) is 2.26. The van der Waals surface area contributed by atoms with Gasteiger partial charge in [-0.2, -0.15) is 0 Å². The molecule has 0 saturated heterocycles. The van der Waals surface area contributed by atoms with Crippen molar-refractivity contribution >= 4 is 17.4 Å². The van der Waals surface area contributed by atoms with Crippen molar-refractivity contribution < 1.29 is 0 Å². The highest BCUT2D eigenvalue weighted by molar-refractivity contribution is 7.98. The maximum absolute atomic E-state index is 3.42. The van der Waals surface area contributed by atoms with Gasteiger partial charge < -0.3 is 5.32 Å². The number of anilines is 1. The third-order valence-corrected chi connectivity index (χ3v) is 2.98. The van der Waals surface area contributed by atoms with Crippen molar-refractivity contribution in [1.29, 1.82) is 0 Å². The van der Waals surface area contributed by atoms with Crippen LogP contribution in [0.4, 0.5) is 5.69 Å². The van der Waals surface area contributed by atoms with Crippen LogP contribution in [0.3, 0.4) is 0 Å². The van der Waals surface area contributed by atoms with E-state index in [-0.39, 0.29) is 0 Å². The average Bonchev–Trinajstić information content (AvgIpc) is 2.17. The highest BCUT2D eigenvalue weighted by atomic mass is 32.2. The summed E-state index contributed by atoms with van der Waals surface area (Å²) in [6, 6.07) is 6.70. The zero-order valence-corrected chi connectivity index (χ0v) is 8.08. The summed E-state index contributed by atoms with van der Waals surface area (Å²) in [7, 11) is 0. The van der Waals surface area contributed by atoms with Crippen LogP contribution in [0.1, 0.15) is 12.0 Å². The molecule has 1 nitrogen and oxygen atoms in total. The van der Waals surface area contributed by atoms with E-state index in [2.05, 4.69) is 29.8 Å². The molecule has 0 aliphatic carbocycles. The molecule has 0 fully saturated rings. The zero-order valence-electron chi connectivity index (χ0n) is 7.26. The van der Waals surface area contributed by atoms with Crippen molar-refractivity contribution in [3.8, 4) is 0 Å². The van der Waals surface area contributed by atoms with Gasteiger partial charge >= 0.3 is 0 Å². The molecule has 0 radical (unpaired) electrons. The molecular weight excluding hydrogens is 166 g/mol. The van der Waals surface area contributed by atoms with Gasteiger partial charge in [-0.15, -0.1) is 11.8 Å². The number of thioether (sulfide) groups is 1. The number of hydrogen-bond donors (Lipinski definition) is 1. The number of aryl methyl sites for hydroxylation is 1. The van der Waals surface area contributed by atoms with Crippen LogP contribution in [0.2, 0.25) is 0 Å². The second-order valence-electron chi connectivity index (χ2n) is 3.05. The molecule has 0 aromatic heterocycles. The lowest BCUT2D eigenvalue weighted by Gasteiger charge is -2.18. The van der Waals surface area contributed by atoms with Gasteiger partial charge in [-0.3, -0.25) is 0 Å². The van der Waals surface area contributed by atoms with E-state index in [1.165, 1.54) is 29.0 Å². The molecule has 1 aromatic rings. The summed E-state index contributed by atoms with van der Waals surface area (Å²) in [5, 5.41) is 3.42. The quantitative estimate of drug-likeness (QED) is 0.665. The van der Waals surface area contributed by atoms with E-state index in [0.29, 0.717) is 0 Å². The Kier molecular flexibility index (Phi) is 2.26. The van der Waals surface area contributed by atoms with Crippen molar-refractivity contribution in [1.82, 2.24) is 0 Å². The first-order valence-electron chi connectivity index (χ1n) is 4.31. The van der Waals surface area contributed by atoms with Crippen molar-refractivity contribution in [2.45, 2.75) is 17.7 Å². The Bertz CT molecular complexity index is 283. The van der Waals surface area contributed by atoms with Gasteiger partial charge in [0.2, 0.25) is 0 Å². The lowest BCUT2D eigenvalue weighted by Crippen LogP contribution is -2.11. The zero-order chi connectivity index (χ0) is 8.39. The van der Waals surface area contributed by atoms with Crippen LogP contribution in [-0.4, -0.2) is 12.8 Å². The molecule has 1 N–H and O–H groups in total. The molecule has 0 bridgehead atoms. The highest BCUT2D eigenvalue weighted by Gasteiger charge is 2.07. The van der Waals surface area contributed by atoms with Crippen LogP contribution in [0.25, 0.3) is 0 Å². The second-order valence-corrected chi connectivity index (χ2v) is 3.93. The molecule has 1 aromatic carbocycles. The minimum atomic E-state index is 1.13. The van der Waals surface area contributed by atoms with Crippen molar-refractivity contribution in [3.63, 3.8) is 0 Å². The Morgan fingerprint density at radius 3 is 3.17 bits per heavy atom. The first-order chi connectivity index (χ1) is 5.90. The van der Waals surface area contributed by atoms with Crippen LogP contribution < -0.4 is 5.32 Å². The summed E-state index contributed by atoms with van der Waals surface area (Å²) in [6.07, 6.45) is 4.62. The van der Waals surface area contributed by atoms with E-state index >= 15 is 0 Å². The Morgan fingerprint density at radius 2 is 2.33 bits per heavy atom. The molecule has 1 aliphatic rings. The molecule has 0 saturated carbocycles. The van der Waals surface area contributed by atoms with E-state index in [1.54, 1.807) is 11.8 Å². The fraction of sp³-hybridized carbons (Fsp3) is 0.400. The average molecular weight is 179 g/mol. The number of nitrogens with one attached hydrogen (secondary N) is 1. The molecule has 0 amide bonds. The molecule has 1 heterocycles. The molecule has 0 atom stereocenters. The maximum Gasteiger partial charge on any atom is 0.0383 e. The molecule has 0 spiro atoms. The van der Waals surface area contributed by atoms with Crippen molar-refractivity contribution in [2.75, 3.05) is 18.1 Å². The molecule has 2 heteroatoms.